The summed E-state index contributed by atoms with van der Waals surface area (Å²) in [5.41, 5.74) is 1.05. The van der Waals surface area contributed by atoms with Gasteiger partial charge in [-0.1, -0.05) is 22.0 Å². The van der Waals surface area contributed by atoms with E-state index >= 15 is 0 Å². The van der Waals surface area contributed by atoms with Crippen molar-refractivity contribution in [1.82, 2.24) is 0 Å². The van der Waals surface area contributed by atoms with E-state index in [0.717, 1.165) is 22.1 Å². The van der Waals surface area contributed by atoms with Gasteiger partial charge < -0.3 is 9.53 Å². The van der Waals surface area contributed by atoms with E-state index in [0.29, 0.717) is 12.8 Å². The van der Waals surface area contributed by atoms with Crippen LogP contribution in [0.15, 0.2) is 22.7 Å². The zero-order chi connectivity index (χ0) is 9.68. The van der Waals surface area contributed by atoms with Crippen molar-refractivity contribution in [2.45, 2.75) is 12.8 Å². The van der Waals surface area contributed by atoms with Crippen LogP contribution in [-0.4, -0.2) is 13.4 Å². The number of halogens is 1. The minimum absolute atomic E-state index is 0.527. The van der Waals surface area contributed by atoms with Crippen LogP contribution in [0.5, 0.6) is 5.75 Å². The summed E-state index contributed by atoms with van der Waals surface area (Å²) in [7, 11) is 1.63. The summed E-state index contributed by atoms with van der Waals surface area (Å²) in [5.74, 6) is 0.830. The highest BCUT2D eigenvalue weighted by atomic mass is 79.9. The lowest BCUT2D eigenvalue weighted by atomic mass is 10.1. The molecule has 0 aliphatic carbocycles. The monoisotopic (exact) mass is 242 g/mol. The van der Waals surface area contributed by atoms with Gasteiger partial charge in [0.2, 0.25) is 0 Å². The average molecular weight is 243 g/mol. The molecule has 0 bridgehead atoms. The highest BCUT2D eigenvalue weighted by Crippen LogP contribution is 2.27. The molecule has 0 aromatic heterocycles. The Hall–Kier alpha value is -0.830. The van der Waals surface area contributed by atoms with Crippen molar-refractivity contribution in [1.29, 1.82) is 0 Å². The number of rotatable bonds is 4. The van der Waals surface area contributed by atoms with Gasteiger partial charge in [-0.3, -0.25) is 0 Å². The summed E-state index contributed by atoms with van der Waals surface area (Å²) < 4.78 is 6.17. The van der Waals surface area contributed by atoms with Gasteiger partial charge in [-0.15, -0.1) is 0 Å². The van der Waals surface area contributed by atoms with Crippen LogP contribution in [0, 0.1) is 0 Å². The smallest absolute Gasteiger partial charge is 0.123 e. The fraction of sp³-hybridized carbons (Fsp3) is 0.300. The molecule has 2 nitrogen and oxygen atoms in total. The maximum atomic E-state index is 10.2. The molecular formula is C10H11BrO2. The van der Waals surface area contributed by atoms with Crippen LogP contribution in [-0.2, 0) is 11.2 Å². The Balaban J connectivity index is 2.93. The van der Waals surface area contributed by atoms with Crippen molar-refractivity contribution in [2.75, 3.05) is 7.11 Å². The number of benzene rings is 1. The molecular weight excluding hydrogens is 232 g/mol. The van der Waals surface area contributed by atoms with Gasteiger partial charge in [0.15, 0.2) is 0 Å². The van der Waals surface area contributed by atoms with Crippen LogP contribution in [0.1, 0.15) is 12.0 Å². The average Bonchev–Trinajstić information content (AvgIpc) is 2.15. The van der Waals surface area contributed by atoms with E-state index in [1.807, 2.05) is 18.2 Å². The van der Waals surface area contributed by atoms with E-state index in [1.165, 1.54) is 0 Å². The van der Waals surface area contributed by atoms with E-state index in [1.54, 1.807) is 7.11 Å². The number of hydrogen-bond acceptors (Lipinski definition) is 2. The standard InChI is InChI=1S/C10H11BrO2/c1-13-10-6-2-5-9(11)8(10)4-3-7-12/h2,5-7H,3-4H2,1H3. The molecule has 0 unspecified atom stereocenters. The molecule has 0 saturated heterocycles. The molecule has 0 radical (unpaired) electrons. The van der Waals surface area contributed by atoms with E-state index in [9.17, 15) is 4.79 Å². The Bertz CT molecular complexity index is 297. The maximum absolute atomic E-state index is 10.2. The zero-order valence-corrected chi connectivity index (χ0v) is 9.00. The largest absolute Gasteiger partial charge is 0.496 e. The number of ether oxygens (including phenoxy) is 1. The van der Waals surface area contributed by atoms with Gasteiger partial charge in [-0.25, -0.2) is 0 Å². The lowest BCUT2D eigenvalue weighted by molar-refractivity contribution is -0.107. The third kappa shape index (κ3) is 2.56. The molecule has 0 spiro atoms. The highest BCUT2D eigenvalue weighted by molar-refractivity contribution is 9.10. The van der Waals surface area contributed by atoms with Crippen molar-refractivity contribution in [3.8, 4) is 5.75 Å². The van der Waals surface area contributed by atoms with Crippen molar-refractivity contribution >= 4 is 22.2 Å². The van der Waals surface area contributed by atoms with Crippen LogP contribution in [0.3, 0.4) is 0 Å². The molecule has 0 amide bonds. The van der Waals surface area contributed by atoms with Crippen LogP contribution < -0.4 is 4.74 Å². The first-order valence-electron chi connectivity index (χ1n) is 4.04. The van der Waals surface area contributed by atoms with Crippen molar-refractivity contribution in [3.63, 3.8) is 0 Å². The van der Waals surface area contributed by atoms with Gasteiger partial charge in [-0.05, 0) is 18.6 Å². The molecule has 3 heteroatoms. The third-order valence-electron chi connectivity index (χ3n) is 1.81. The topological polar surface area (TPSA) is 26.3 Å². The Morgan fingerprint density at radius 1 is 1.54 bits per heavy atom. The number of carbonyl (C=O) groups excluding carboxylic acids is 1. The zero-order valence-electron chi connectivity index (χ0n) is 7.42. The Kier molecular flexibility index (Phi) is 3.96. The van der Waals surface area contributed by atoms with Crippen LogP contribution in [0.25, 0.3) is 0 Å². The second-order valence-corrected chi connectivity index (χ2v) is 3.48. The molecule has 0 fully saturated rings. The fourth-order valence-electron chi connectivity index (χ4n) is 1.18. The van der Waals surface area contributed by atoms with Crippen molar-refractivity contribution in [3.05, 3.63) is 28.2 Å². The molecule has 0 heterocycles. The van der Waals surface area contributed by atoms with Gasteiger partial charge in [0.25, 0.3) is 0 Å². The van der Waals surface area contributed by atoms with Crippen LogP contribution in [0.4, 0.5) is 0 Å². The van der Waals surface area contributed by atoms with Crippen molar-refractivity contribution < 1.29 is 9.53 Å². The summed E-state index contributed by atoms with van der Waals surface area (Å²) in [5, 5.41) is 0. The SMILES string of the molecule is COc1cccc(Br)c1CCC=O. The first kappa shape index (κ1) is 10.3. The molecule has 0 N–H and O–H groups in total. The second kappa shape index (κ2) is 5.02. The minimum Gasteiger partial charge on any atom is -0.496 e. The quantitative estimate of drug-likeness (QED) is 0.759. The number of methoxy groups -OCH3 is 1. The molecule has 70 valence electrons. The normalized spacial score (nSPS) is 9.69. The fourth-order valence-corrected chi connectivity index (χ4v) is 1.72. The first-order valence-corrected chi connectivity index (χ1v) is 4.84. The Morgan fingerprint density at radius 2 is 2.31 bits per heavy atom. The van der Waals surface area contributed by atoms with Gasteiger partial charge in [0.05, 0.1) is 7.11 Å². The molecule has 0 saturated carbocycles. The molecule has 0 atom stereocenters. The lowest BCUT2D eigenvalue weighted by Crippen LogP contribution is -1.93. The Morgan fingerprint density at radius 3 is 2.92 bits per heavy atom. The molecule has 13 heavy (non-hydrogen) atoms. The second-order valence-electron chi connectivity index (χ2n) is 2.63. The summed E-state index contributed by atoms with van der Waals surface area (Å²) in [6.07, 6.45) is 2.16. The number of carbonyl (C=O) groups is 1. The molecule has 0 aliphatic rings. The lowest BCUT2D eigenvalue weighted by Gasteiger charge is -2.08. The highest BCUT2D eigenvalue weighted by Gasteiger charge is 2.05. The van der Waals surface area contributed by atoms with Gasteiger partial charge in [-0.2, -0.15) is 0 Å². The summed E-state index contributed by atoms with van der Waals surface area (Å²) in [6, 6.07) is 5.75. The number of aldehydes is 1. The van der Waals surface area contributed by atoms with Crippen LogP contribution in [0.2, 0.25) is 0 Å². The predicted molar refractivity (Wildman–Crippen MR) is 55.1 cm³/mol. The Labute approximate surface area is 86.0 Å². The predicted octanol–water partition coefficient (Wildman–Crippen LogP) is 2.59. The van der Waals surface area contributed by atoms with E-state index in [4.69, 9.17) is 4.74 Å². The first-order chi connectivity index (χ1) is 6.29. The van der Waals surface area contributed by atoms with Gasteiger partial charge >= 0.3 is 0 Å². The molecule has 1 aromatic rings. The van der Waals surface area contributed by atoms with E-state index < -0.39 is 0 Å². The van der Waals surface area contributed by atoms with Crippen molar-refractivity contribution in [2.24, 2.45) is 0 Å². The third-order valence-corrected chi connectivity index (χ3v) is 2.55. The van der Waals surface area contributed by atoms with Gasteiger partial charge in [0.1, 0.15) is 12.0 Å². The molecule has 0 aliphatic heterocycles. The summed E-state index contributed by atoms with van der Waals surface area (Å²) in [6.45, 7) is 0. The summed E-state index contributed by atoms with van der Waals surface area (Å²) in [4.78, 5) is 10.2. The minimum atomic E-state index is 0.527. The molecule has 1 rings (SSSR count). The van der Waals surface area contributed by atoms with E-state index in [-0.39, 0.29) is 0 Å². The maximum Gasteiger partial charge on any atom is 0.123 e. The van der Waals surface area contributed by atoms with E-state index in [2.05, 4.69) is 15.9 Å². The summed E-state index contributed by atoms with van der Waals surface area (Å²) >= 11 is 3.42. The molecule has 1 aromatic carbocycles. The number of hydrogen-bond donors (Lipinski definition) is 0. The van der Waals surface area contributed by atoms with Gasteiger partial charge in [0, 0.05) is 16.5 Å². The van der Waals surface area contributed by atoms with Crippen LogP contribution >= 0.6 is 15.9 Å².